The minimum atomic E-state index is -2.79. The first kappa shape index (κ1) is 23.8. The summed E-state index contributed by atoms with van der Waals surface area (Å²) in [6.07, 6.45) is 3.67. The standard InChI is InChI=1S/C27H23ClF3N3/c1-2-27(30,31)20-7-3-18(4-8-20)13-14-32-22-10-5-19(6-11-22)25-26(34-16-15-33-25)23-12-9-21(29)17-24(23)28/h3-12,15-17,32H,2,13-14H2,1H3. The highest BCUT2D eigenvalue weighted by molar-refractivity contribution is 6.33. The van der Waals surface area contributed by atoms with Gasteiger partial charge in [-0.05, 0) is 42.3 Å². The van der Waals surface area contributed by atoms with Crippen LogP contribution >= 0.6 is 11.6 Å². The maximum absolute atomic E-state index is 13.8. The van der Waals surface area contributed by atoms with Gasteiger partial charge in [0.1, 0.15) is 5.82 Å². The van der Waals surface area contributed by atoms with E-state index in [2.05, 4.69) is 15.3 Å². The SMILES string of the molecule is CCC(F)(F)c1ccc(CCNc2ccc(-c3nccnc3-c3ccc(F)cc3Cl)cc2)cc1. The second-order valence-electron chi connectivity index (χ2n) is 7.89. The van der Waals surface area contributed by atoms with E-state index in [1.54, 1.807) is 30.6 Å². The highest BCUT2D eigenvalue weighted by Gasteiger charge is 2.28. The number of anilines is 1. The molecule has 4 rings (SSSR count). The van der Waals surface area contributed by atoms with Crippen LogP contribution < -0.4 is 5.32 Å². The van der Waals surface area contributed by atoms with Crippen LogP contribution in [0.3, 0.4) is 0 Å². The summed E-state index contributed by atoms with van der Waals surface area (Å²) < 4.78 is 41.0. The van der Waals surface area contributed by atoms with Crippen LogP contribution in [-0.4, -0.2) is 16.5 Å². The van der Waals surface area contributed by atoms with Crippen molar-refractivity contribution in [3.05, 3.63) is 101 Å². The van der Waals surface area contributed by atoms with Gasteiger partial charge in [0, 0.05) is 47.7 Å². The first-order valence-electron chi connectivity index (χ1n) is 11.0. The molecule has 34 heavy (non-hydrogen) atoms. The third-order valence-corrected chi connectivity index (χ3v) is 5.92. The Kier molecular flexibility index (Phi) is 7.17. The molecule has 0 saturated heterocycles. The summed E-state index contributed by atoms with van der Waals surface area (Å²) in [6.45, 7) is 2.14. The molecule has 1 N–H and O–H groups in total. The van der Waals surface area contributed by atoms with Crippen molar-refractivity contribution in [3.63, 3.8) is 0 Å². The lowest BCUT2D eigenvalue weighted by Crippen LogP contribution is -2.11. The monoisotopic (exact) mass is 481 g/mol. The van der Waals surface area contributed by atoms with Crippen molar-refractivity contribution in [2.24, 2.45) is 0 Å². The molecule has 0 atom stereocenters. The van der Waals surface area contributed by atoms with Gasteiger partial charge in [-0.2, -0.15) is 0 Å². The normalized spacial score (nSPS) is 11.4. The Morgan fingerprint density at radius 3 is 2.21 bits per heavy atom. The topological polar surface area (TPSA) is 37.8 Å². The van der Waals surface area contributed by atoms with Crippen LogP contribution in [0, 0.1) is 5.82 Å². The summed E-state index contributed by atoms with van der Waals surface area (Å²) in [5.41, 5.74) is 4.63. The minimum absolute atomic E-state index is 0.0487. The highest BCUT2D eigenvalue weighted by atomic mass is 35.5. The molecule has 4 aromatic rings. The average molecular weight is 482 g/mol. The Balaban J connectivity index is 1.43. The third kappa shape index (κ3) is 5.39. The van der Waals surface area contributed by atoms with Gasteiger partial charge in [0.2, 0.25) is 0 Å². The van der Waals surface area contributed by atoms with Crippen molar-refractivity contribution in [1.82, 2.24) is 9.97 Å². The molecule has 0 spiro atoms. The van der Waals surface area contributed by atoms with Crippen LogP contribution in [0.2, 0.25) is 5.02 Å². The molecular formula is C27H23ClF3N3. The molecule has 1 aromatic heterocycles. The maximum Gasteiger partial charge on any atom is 0.273 e. The Morgan fingerprint density at radius 2 is 1.56 bits per heavy atom. The zero-order valence-corrected chi connectivity index (χ0v) is 19.3. The van der Waals surface area contributed by atoms with E-state index < -0.39 is 11.7 Å². The van der Waals surface area contributed by atoms with Crippen LogP contribution in [0.5, 0.6) is 0 Å². The highest BCUT2D eigenvalue weighted by Crippen LogP contribution is 2.34. The second-order valence-corrected chi connectivity index (χ2v) is 8.29. The van der Waals surface area contributed by atoms with Crippen LogP contribution in [0.25, 0.3) is 22.5 Å². The van der Waals surface area contributed by atoms with Crippen LogP contribution in [0.4, 0.5) is 18.9 Å². The summed E-state index contributed by atoms with van der Waals surface area (Å²) in [6, 6.07) is 18.4. The molecule has 0 saturated carbocycles. The Hall–Kier alpha value is -3.38. The van der Waals surface area contributed by atoms with Gasteiger partial charge in [-0.25, -0.2) is 13.2 Å². The summed E-state index contributed by atoms with van der Waals surface area (Å²) in [5.74, 6) is -3.20. The minimum Gasteiger partial charge on any atom is -0.385 e. The van der Waals surface area contributed by atoms with E-state index in [1.807, 2.05) is 24.3 Å². The van der Waals surface area contributed by atoms with E-state index in [9.17, 15) is 13.2 Å². The summed E-state index contributed by atoms with van der Waals surface area (Å²) >= 11 is 6.24. The van der Waals surface area contributed by atoms with Crippen molar-refractivity contribution in [1.29, 1.82) is 0 Å². The van der Waals surface area contributed by atoms with Gasteiger partial charge in [0.05, 0.1) is 16.4 Å². The molecule has 174 valence electrons. The number of halogens is 4. The average Bonchev–Trinajstić information content (AvgIpc) is 2.85. The number of benzene rings is 3. The predicted molar refractivity (Wildman–Crippen MR) is 131 cm³/mol. The van der Waals surface area contributed by atoms with E-state index in [0.717, 1.165) is 16.8 Å². The molecule has 0 bridgehead atoms. The maximum atomic E-state index is 13.8. The molecule has 0 unspecified atom stereocenters. The number of nitrogens with one attached hydrogen (secondary N) is 1. The van der Waals surface area contributed by atoms with E-state index in [-0.39, 0.29) is 17.0 Å². The van der Waals surface area contributed by atoms with Crippen LogP contribution in [-0.2, 0) is 12.3 Å². The van der Waals surface area contributed by atoms with Crippen molar-refractivity contribution >= 4 is 17.3 Å². The molecule has 3 aromatic carbocycles. The van der Waals surface area contributed by atoms with E-state index in [4.69, 9.17) is 11.6 Å². The first-order valence-corrected chi connectivity index (χ1v) is 11.3. The van der Waals surface area contributed by atoms with E-state index >= 15 is 0 Å². The predicted octanol–water partition coefficient (Wildman–Crippen LogP) is 7.76. The van der Waals surface area contributed by atoms with Crippen LogP contribution in [0.1, 0.15) is 24.5 Å². The van der Waals surface area contributed by atoms with Gasteiger partial charge in [-0.15, -0.1) is 0 Å². The number of nitrogens with zero attached hydrogens (tertiary/aromatic N) is 2. The molecule has 0 amide bonds. The zero-order valence-electron chi connectivity index (χ0n) is 18.5. The fourth-order valence-electron chi connectivity index (χ4n) is 3.64. The number of rotatable bonds is 8. The van der Waals surface area contributed by atoms with Gasteiger partial charge in [-0.1, -0.05) is 54.9 Å². The van der Waals surface area contributed by atoms with E-state index in [1.165, 1.54) is 31.2 Å². The largest absolute Gasteiger partial charge is 0.385 e. The third-order valence-electron chi connectivity index (χ3n) is 5.61. The fourth-order valence-corrected chi connectivity index (χ4v) is 3.90. The molecule has 0 aliphatic rings. The lowest BCUT2D eigenvalue weighted by Gasteiger charge is -2.14. The van der Waals surface area contributed by atoms with Crippen molar-refractivity contribution < 1.29 is 13.2 Å². The lowest BCUT2D eigenvalue weighted by atomic mass is 10.0. The Labute approximate surface area is 201 Å². The van der Waals surface area contributed by atoms with Gasteiger partial charge < -0.3 is 5.32 Å². The number of hydrogen-bond acceptors (Lipinski definition) is 3. The second kappa shape index (κ2) is 10.3. The smallest absolute Gasteiger partial charge is 0.273 e. The summed E-state index contributed by atoms with van der Waals surface area (Å²) in [7, 11) is 0. The van der Waals surface area contributed by atoms with Gasteiger partial charge in [-0.3, -0.25) is 9.97 Å². The van der Waals surface area contributed by atoms with Crippen molar-refractivity contribution in [2.45, 2.75) is 25.7 Å². The van der Waals surface area contributed by atoms with Crippen molar-refractivity contribution in [2.75, 3.05) is 11.9 Å². The summed E-state index contributed by atoms with van der Waals surface area (Å²) in [5, 5.41) is 3.61. The van der Waals surface area contributed by atoms with Crippen LogP contribution in [0.15, 0.2) is 79.1 Å². The fraction of sp³-hybridized carbons (Fsp3) is 0.185. The molecule has 3 nitrogen and oxygen atoms in total. The number of hydrogen-bond donors (Lipinski definition) is 1. The molecule has 7 heteroatoms. The van der Waals surface area contributed by atoms with Gasteiger partial charge >= 0.3 is 0 Å². The number of alkyl halides is 2. The first-order chi connectivity index (χ1) is 16.4. The molecule has 0 aliphatic carbocycles. The molecule has 1 heterocycles. The molecule has 0 radical (unpaired) electrons. The van der Waals surface area contributed by atoms with Gasteiger partial charge in [0.15, 0.2) is 0 Å². The Bertz CT molecular complexity index is 1260. The molecular weight excluding hydrogens is 459 g/mol. The molecule has 0 aliphatic heterocycles. The number of aromatic nitrogens is 2. The zero-order chi connectivity index (χ0) is 24.1. The quantitative estimate of drug-likeness (QED) is 0.279. The van der Waals surface area contributed by atoms with Crippen molar-refractivity contribution in [3.8, 4) is 22.5 Å². The van der Waals surface area contributed by atoms with E-state index in [0.29, 0.717) is 29.9 Å². The Morgan fingerprint density at radius 1 is 0.882 bits per heavy atom. The summed E-state index contributed by atoms with van der Waals surface area (Å²) in [4.78, 5) is 8.88. The lowest BCUT2D eigenvalue weighted by molar-refractivity contribution is -0.00829. The van der Waals surface area contributed by atoms with Gasteiger partial charge in [0.25, 0.3) is 5.92 Å². The molecule has 0 fully saturated rings.